The number of carboxylic acids is 1. The molecule has 1 saturated carbocycles. The highest BCUT2D eigenvalue weighted by atomic mass is 35.5. The topological polar surface area (TPSA) is 74.7 Å². The minimum absolute atomic E-state index is 0.0112. The molecule has 2 amide bonds. The Kier molecular flexibility index (Phi) is 3.42. The van der Waals surface area contributed by atoms with Gasteiger partial charge in [0.25, 0.3) is 0 Å². The maximum Gasteiger partial charge on any atom is 0.335 e. The van der Waals surface area contributed by atoms with Crippen molar-refractivity contribution in [3.8, 4) is 0 Å². The molecule has 1 aromatic rings. The van der Waals surface area contributed by atoms with Gasteiger partial charge in [0, 0.05) is 11.8 Å². The van der Waals surface area contributed by atoms with Gasteiger partial charge in [-0.15, -0.1) is 0 Å². The normalized spacial score (nSPS) is 24.6. The summed E-state index contributed by atoms with van der Waals surface area (Å²) >= 11 is 12.1. The number of carboxylic acid groups (broad SMARTS) is 1. The highest BCUT2D eigenvalue weighted by Crippen LogP contribution is 2.44. The largest absolute Gasteiger partial charge is 0.478 e. The number of imide groups is 1. The zero-order valence-electron chi connectivity index (χ0n) is 10.8. The number of aromatic carboxylic acids is 1. The molecule has 1 aliphatic heterocycles. The van der Waals surface area contributed by atoms with E-state index in [9.17, 15) is 14.4 Å². The molecule has 3 rings (SSSR count). The molecule has 21 heavy (non-hydrogen) atoms. The number of piperidine rings is 1. The number of halogens is 2. The molecular weight excluding hydrogens is 317 g/mol. The summed E-state index contributed by atoms with van der Waals surface area (Å²) < 4.78 is 0. The first kappa shape index (κ1) is 14.4. The molecule has 0 aromatic heterocycles. The number of hydrogen-bond donors (Lipinski definition) is 1. The van der Waals surface area contributed by atoms with Crippen LogP contribution in [0.3, 0.4) is 0 Å². The van der Waals surface area contributed by atoms with Crippen LogP contribution in [0.5, 0.6) is 0 Å². The SMILES string of the molecule is O=C(O)c1cc(Cl)c(N2C(=O)C3CCC(C3)C2=O)c(Cl)c1. The zero-order chi connectivity index (χ0) is 15.3. The average Bonchev–Trinajstić information content (AvgIpc) is 2.86. The van der Waals surface area contributed by atoms with E-state index in [0.717, 1.165) is 4.90 Å². The van der Waals surface area contributed by atoms with Crippen molar-refractivity contribution in [1.82, 2.24) is 0 Å². The van der Waals surface area contributed by atoms with Crippen molar-refractivity contribution < 1.29 is 19.5 Å². The monoisotopic (exact) mass is 327 g/mol. The maximum atomic E-state index is 12.4. The molecule has 2 unspecified atom stereocenters. The van der Waals surface area contributed by atoms with Crippen molar-refractivity contribution in [2.45, 2.75) is 19.3 Å². The number of carbonyl (C=O) groups excluding carboxylic acids is 2. The second-order valence-corrected chi connectivity index (χ2v) is 6.13. The number of anilines is 1. The molecule has 1 aromatic carbocycles. The van der Waals surface area contributed by atoms with E-state index in [1.807, 2.05) is 0 Å². The van der Waals surface area contributed by atoms with E-state index in [-0.39, 0.29) is 44.9 Å². The third-order valence-corrected chi connectivity index (χ3v) is 4.64. The zero-order valence-corrected chi connectivity index (χ0v) is 12.3. The number of nitrogens with zero attached hydrogens (tertiary/aromatic N) is 1. The van der Waals surface area contributed by atoms with Gasteiger partial charge < -0.3 is 5.11 Å². The molecular formula is C14H11Cl2NO4. The molecule has 1 N–H and O–H groups in total. The summed E-state index contributed by atoms with van der Waals surface area (Å²) in [5.74, 6) is -2.15. The van der Waals surface area contributed by atoms with Gasteiger partial charge in [0.05, 0.1) is 21.3 Å². The van der Waals surface area contributed by atoms with Crippen LogP contribution in [0.15, 0.2) is 12.1 Å². The molecule has 110 valence electrons. The summed E-state index contributed by atoms with van der Waals surface area (Å²) in [6.45, 7) is 0. The first-order chi connectivity index (χ1) is 9.90. The quantitative estimate of drug-likeness (QED) is 0.847. The predicted octanol–water partition coefficient (Wildman–Crippen LogP) is 2.98. The molecule has 0 spiro atoms. The van der Waals surface area contributed by atoms with E-state index in [2.05, 4.69) is 0 Å². The molecule has 0 radical (unpaired) electrons. The molecule has 2 bridgehead atoms. The summed E-state index contributed by atoms with van der Waals surface area (Å²) in [6.07, 6.45) is 1.96. The van der Waals surface area contributed by atoms with Crippen molar-refractivity contribution in [2.75, 3.05) is 4.90 Å². The molecule has 1 saturated heterocycles. The van der Waals surface area contributed by atoms with Crippen LogP contribution < -0.4 is 4.90 Å². The molecule has 5 nitrogen and oxygen atoms in total. The fraction of sp³-hybridized carbons (Fsp3) is 0.357. The first-order valence-corrected chi connectivity index (χ1v) is 7.26. The summed E-state index contributed by atoms with van der Waals surface area (Å²) in [5, 5.41) is 8.95. The van der Waals surface area contributed by atoms with Gasteiger partial charge in [0.1, 0.15) is 0 Å². The highest BCUT2D eigenvalue weighted by molar-refractivity contribution is 6.42. The third kappa shape index (κ3) is 2.21. The molecule has 7 heteroatoms. The Balaban J connectivity index is 2.10. The van der Waals surface area contributed by atoms with Gasteiger partial charge in [0.2, 0.25) is 11.8 Å². The van der Waals surface area contributed by atoms with Gasteiger partial charge in [-0.1, -0.05) is 23.2 Å². The summed E-state index contributed by atoms with van der Waals surface area (Å²) in [7, 11) is 0. The van der Waals surface area contributed by atoms with Crippen LogP contribution in [-0.2, 0) is 9.59 Å². The Hall–Kier alpha value is -1.59. The average molecular weight is 328 g/mol. The number of rotatable bonds is 2. The van der Waals surface area contributed by atoms with Crippen LogP contribution in [0.2, 0.25) is 10.0 Å². The Morgan fingerprint density at radius 3 is 2.00 bits per heavy atom. The second-order valence-electron chi connectivity index (χ2n) is 5.31. The molecule has 2 atom stereocenters. The number of benzene rings is 1. The van der Waals surface area contributed by atoms with Crippen LogP contribution in [0, 0.1) is 11.8 Å². The third-order valence-electron chi connectivity index (χ3n) is 4.06. The van der Waals surface area contributed by atoms with Crippen LogP contribution >= 0.6 is 23.2 Å². The Bertz CT molecular complexity index is 628. The lowest BCUT2D eigenvalue weighted by Crippen LogP contribution is -2.46. The second kappa shape index (κ2) is 5.00. The van der Waals surface area contributed by atoms with Gasteiger partial charge >= 0.3 is 5.97 Å². The molecule has 2 fully saturated rings. The number of fused-ring (bicyclic) bond motifs is 2. The minimum atomic E-state index is -1.18. The van der Waals surface area contributed by atoms with Crippen LogP contribution in [-0.4, -0.2) is 22.9 Å². The van der Waals surface area contributed by atoms with Gasteiger partial charge in [0.15, 0.2) is 0 Å². The maximum absolute atomic E-state index is 12.4. The fourth-order valence-corrected chi connectivity index (χ4v) is 3.68. The van der Waals surface area contributed by atoms with E-state index in [0.29, 0.717) is 19.3 Å². The lowest BCUT2D eigenvalue weighted by atomic mass is 9.96. The standard InChI is InChI=1S/C14H11Cl2NO4/c15-9-4-8(14(20)21)5-10(16)11(9)17-12(18)6-1-2-7(3-6)13(17)19/h4-7H,1-3H2,(H,20,21). The van der Waals surface area contributed by atoms with Gasteiger partial charge in [-0.25, -0.2) is 9.69 Å². The fourth-order valence-electron chi connectivity index (χ4n) is 3.03. The predicted molar refractivity (Wildman–Crippen MR) is 76.7 cm³/mol. The van der Waals surface area contributed by atoms with Crippen molar-refractivity contribution in [3.05, 3.63) is 27.7 Å². The highest BCUT2D eigenvalue weighted by Gasteiger charge is 2.46. The smallest absolute Gasteiger partial charge is 0.335 e. The van der Waals surface area contributed by atoms with Crippen LogP contribution in [0.4, 0.5) is 5.69 Å². The van der Waals surface area contributed by atoms with Gasteiger partial charge in [-0.3, -0.25) is 9.59 Å². The van der Waals surface area contributed by atoms with Crippen LogP contribution in [0.1, 0.15) is 29.6 Å². The Labute approximate surface area is 130 Å². The summed E-state index contributed by atoms with van der Waals surface area (Å²) in [6, 6.07) is 2.39. The lowest BCUT2D eigenvalue weighted by Gasteiger charge is -2.30. The van der Waals surface area contributed by atoms with E-state index in [1.54, 1.807) is 0 Å². The first-order valence-electron chi connectivity index (χ1n) is 6.50. The minimum Gasteiger partial charge on any atom is -0.478 e. The van der Waals surface area contributed by atoms with E-state index in [4.69, 9.17) is 28.3 Å². The number of carbonyl (C=O) groups is 3. The van der Waals surface area contributed by atoms with Gasteiger partial charge in [-0.2, -0.15) is 0 Å². The van der Waals surface area contributed by atoms with Crippen molar-refractivity contribution in [2.24, 2.45) is 11.8 Å². The Morgan fingerprint density at radius 1 is 1.10 bits per heavy atom. The van der Waals surface area contributed by atoms with Crippen LogP contribution in [0.25, 0.3) is 0 Å². The van der Waals surface area contributed by atoms with E-state index in [1.165, 1.54) is 12.1 Å². The summed E-state index contributed by atoms with van der Waals surface area (Å²) in [5.41, 5.74) is 0.00330. The number of amides is 2. The van der Waals surface area contributed by atoms with Crippen molar-refractivity contribution >= 4 is 46.7 Å². The van der Waals surface area contributed by atoms with Crippen molar-refractivity contribution in [1.29, 1.82) is 0 Å². The summed E-state index contributed by atoms with van der Waals surface area (Å²) in [4.78, 5) is 36.8. The number of hydrogen-bond acceptors (Lipinski definition) is 3. The van der Waals surface area contributed by atoms with Gasteiger partial charge in [-0.05, 0) is 31.4 Å². The molecule has 1 aliphatic carbocycles. The van der Waals surface area contributed by atoms with E-state index < -0.39 is 5.97 Å². The molecule has 1 heterocycles. The molecule has 2 aliphatic rings. The lowest BCUT2D eigenvalue weighted by molar-refractivity contribution is -0.133. The Morgan fingerprint density at radius 2 is 1.57 bits per heavy atom. The van der Waals surface area contributed by atoms with E-state index >= 15 is 0 Å². The van der Waals surface area contributed by atoms with Crippen molar-refractivity contribution in [3.63, 3.8) is 0 Å².